The van der Waals surface area contributed by atoms with Crippen molar-refractivity contribution in [2.24, 2.45) is 0 Å². The summed E-state index contributed by atoms with van der Waals surface area (Å²) in [6, 6.07) is 0. The molecular formula is C15H25N3OS. The van der Waals surface area contributed by atoms with Crippen LogP contribution < -0.4 is 0 Å². The highest BCUT2D eigenvalue weighted by atomic mass is 32.1. The summed E-state index contributed by atoms with van der Waals surface area (Å²) < 4.78 is 0. The van der Waals surface area contributed by atoms with E-state index >= 15 is 0 Å². The van der Waals surface area contributed by atoms with Gasteiger partial charge in [-0.1, -0.05) is 13.3 Å². The third-order valence-electron chi connectivity index (χ3n) is 3.76. The molecule has 0 spiro atoms. The van der Waals surface area contributed by atoms with Gasteiger partial charge in [-0.3, -0.25) is 9.69 Å². The standard InChI is InChI=1S/C15H25N3OS/c1-3-4-7-17(2)15(19)10-13-12-20-14(16-13)11-18-8-5-6-9-18/h12H,3-11H2,1-2H3. The summed E-state index contributed by atoms with van der Waals surface area (Å²) in [5.74, 6) is 0.177. The van der Waals surface area contributed by atoms with Crippen molar-refractivity contribution in [1.29, 1.82) is 0 Å². The second kappa shape index (κ2) is 7.74. The Morgan fingerprint density at radius 1 is 1.45 bits per heavy atom. The summed E-state index contributed by atoms with van der Waals surface area (Å²) in [6.45, 7) is 6.31. The van der Waals surface area contributed by atoms with E-state index < -0.39 is 0 Å². The lowest BCUT2D eigenvalue weighted by atomic mass is 10.2. The Morgan fingerprint density at radius 3 is 2.90 bits per heavy atom. The van der Waals surface area contributed by atoms with Gasteiger partial charge in [-0.25, -0.2) is 4.98 Å². The fourth-order valence-corrected chi connectivity index (χ4v) is 3.28. The maximum absolute atomic E-state index is 12.1. The van der Waals surface area contributed by atoms with Crippen LogP contribution in [0.15, 0.2) is 5.38 Å². The summed E-state index contributed by atoms with van der Waals surface area (Å²) in [5, 5.41) is 3.18. The van der Waals surface area contributed by atoms with E-state index in [2.05, 4.69) is 16.8 Å². The first-order valence-electron chi connectivity index (χ1n) is 7.58. The molecule has 1 aromatic heterocycles. The van der Waals surface area contributed by atoms with E-state index in [4.69, 9.17) is 0 Å². The Bertz CT molecular complexity index is 427. The second-order valence-corrected chi connectivity index (χ2v) is 6.50. The monoisotopic (exact) mass is 295 g/mol. The Balaban J connectivity index is 1.80. The fraction of sp³-hybridized carbons (Fsp3) is 0.733. The van der Waals surface area contributed by atoms with E-state index in [9.17, 15) is 4.79 Å². The van der Waals surface area contributed by atoms with Crippen molar-refractivity contribution >= 4 is 17.2 Å². The van der Waals surface area contributed by atoms with Crippen LogP contribution in [0, 0.1) is 0 Å². The van der Waals surface area contributed by atoms with Gasteiger partial charge in [-0.2, -0.15) is 0 Å². The number of carbonyl (C=O) groups excluding carboxylic acids is 1. The van der Waals surface area contributed by atoms with Gasteiger partial charge < -0.3 is 4.90 Å². The lowest BCUT2D eigenvalue weighted by Gasteiger charge is -2.15. The van der Waals surface area contributed by atoms with Gasteiger partial charge in [-0.15, -0.1) is 11.3 Å². The summed E-state index contributed by atoms with van der Waals surface area (Å²) in [6.07, 6.45) is 5.24. The molecule has 1 aliphatic rings. The van der Waals surface area contributed by atoms with Crippen LogP contribution in [0.3, 0.4) is 0 Å². The number of carbonyl (C=O) groups is 1. The third-order valence-corrected chi connectivity index (χ3v) is 4.64. The average Bonchev–Trinajstić information content (AvgIpc) is 3.08. The van der Waals surface area contributed by atoms with Crippen molar-refractivity contribution in [2.75, 3.05) is 26.7 Å². The lowest BCUT2D eigenvalue weighted by molar-refractivity contribution is -0.129. The summed E-state index contributed by atoms with van der Waals surface area (Å²) >= 11 is 1.68. The molecule has 0 aromatic carbocycles. The molecule has 20 heavy (non-hydrogen) atoms. The molecule has 1 fully saturated rings. The predicted octanol–water partition coefficient (Wildman–Crippen LogP) is 2.54. The normalized spacial score (nSPS) is 15.7. The highest BCUT2D eigenvalue weighted by Crippen LogP contribution is 2.16. The van der Waals surface area contributed by atoms with Crippen molar-refractivity contribution in [3.05, 3.63) is 16.1 Å². The molecule has 0 radical (unpaired) electrons. The van der Waals surface area contributed by atoms with Gasteiger partial charge in [0.15, 0.2) is 0 Å². The number of hydrogen-bond acceptors (Lipinski definition) is 4. The number of hydrogen-bond donors (Lipinski definition) is 0. The van der Waals surface area contributed by atoms with Gasteiger partial charge in [0.05, 0.1) is 18.7 Å². The molecule has 0 bridgehead atoms. The zero-order chi connectivity index (χ0) is 14.4. The van der Waals surface area contributed by atoms with E-state index in [0.29, 0.717) is 6.42 Å². The highest BCUT2D eigenvalue weighted by Gasteiger charge is 2.15. The zero-order valence-electron chi connectivity index (χ0n) is 12.6. The number of thiazole rings is 1. The van der Waals surface area contributed by atoms with Crippen LogP contribution in [-0.2, 0) is 17.8 Å². The quantitative estimate of drug-likeness (QED) is 0.775. The van der Waals surface area contributed by atoms with Crippen molar-refractivity contribution in [3.63, 3.8) is 0 Å². The molecule has 2 rings (SSSR count). The maximum Gasteiger partial charge on any atom is 0.228 e. The molecule has 1 aromatic rings. The highest BCUT2D eigenvalue weighted by molar-refractivity contribution is 7.09. The summed E-state index contributed by atoms with van der Waals surface area (Å²) in [7, 11) is 1.88. The molecule has 1 amide bonds. The number of amides is 1. The molecule has 1 saturated heterocycles. The molecule has 0 aliphatic carbocycles. The Hall–Kier alpha value is -0.940. The van der Waals surface area contributed by atoms with Crippen LogP contribution in [0.2, 0.25) is 0 Å². The first kappa shape index (κ1) is 15.4. The van der Waals surface area contributed by atoms with Crippen LogP contribution in [0.1, 0.15) is 43.3 Å². The molecule has 0 atom stereocenters. The van der Waals surface area contributed by atoms with Gasteiger partial charge in [0.2, 0.25) is 5.91 Å². The summed E-state index contributed by atoms with van der Waals surface area (Å²) in [5.41, 5.74) is 0.928. The third kappa shape index (κ3) is 4.56. The van der Waals surface area contributed by atoms with Crippen LogP contribution in [-0.4, -0.2) is 47.4 Å². The maximum atomic E-state index is 12.1. The van der Waals surface area contributed by atoms with E-state index in [1.54, 1.807) is 11.3 Å². The fourth-order valence-electron chi connectivity index (χ4n) is 2.44. The van der Waals surface area contributed by atoms with Gasteiger partial charge in [0, 0.05) is 19.0 Å². The van der Waals surface area contributed by atoms with Crippen LogP contribution >= 0.6 is 11.3 Å². The smallest absolute Gasteiger partial charge is 0.228 e. The van der Waals surface area contributed by atoms with Crippen LogP contribution in [0.25, 0.3) is 0 Å². The number of nitrogens with zero attached hydrogens (tertiary/aromatic N) is 3. The van der Waals surface area contributed by atoms with Crippen molar-refractivity contribution in [3.8, 4) is 0 Å². The molecule has 0 saturated carbocycles. The first-order valence-corrected chi connectivity index (χ1v) is 8.46. The number of rotatable bonds is 7. The molecule has 2 heterocycles. The lowest BCUT2D eigenvalue weighted by Crippen LogP contribution is -2.29. The Morgan fingerprint density at radius 2 is 2.20 bits per heavy atom. The molecule has 112 valence electrons. The minimum atomic E-state index is 0.177. The van der Waals surface area contributed by atoms with Gasteiger partial charge in [0.1, 0.15) is 5.01 Å². The van der Waals surface area contributed by atoms with Crippen molar-refractivity contribution in [1.82, 2.24) is 14.8 Å². The van der Waals surface area contributed by atoms with E-state index in [1.165, 1.54) is 25.9 Å². The molecule has 4 nitrogen and oxygen atoms in total. The first-order chi connectivity index (χ1) is 9.69. The Kier molecular flexibility index (Phi) is 5.98. The van der Waals surface area contributed by atoms with Crippen LogP contribution in [0.5, 0.6) is 0 Å². The van der Waals surface area contributed by atoms with Gasteiger partial charge >= 0.3 is 0 Å². The second-order valence-electron chi connectivity index (χ2n) is 5.56. The number of likely N-dealkylation sites (N-methyl/N-ethyl adjacent to an activating group) is 1. The Labute approximate surface area is 125 Å². The largest absolute Gasteiger partial charge is 0.345 e. The van der Waals surface area contributed by atoms with Crippen molar-refractivity contribution < 1.29 is 4.79 Å². The van der Waals surface area contributed by atoms with Gasteiger partial charge in [-0.05, 0) is 32.4 Å². The van der Waals surface area contributed by atoms with Gasteiger partial charge in [0.25, 0.3) is 0 Å². The van der Waals surface area contributed by atoms with Crippen LogP contribution in [0.4, 0.5) is 0 Å². The van der Waals surface area contributed by atoms with Crippen molar-refractivity contribution in [2.45, 2.75) is 45.6 Å². The molecular weight excluding hydrogens is 270 g/mol. The summed E-state index contributed by atoms with van der Waals surface area (Å²) in [4.78, 5) is 20.9. The molecule has 0 unspecified atom stereocenters. The van der Waals surface area contributed by atoms with E-state index in [-0.39, 0.29) is 5.91 Å². The van der Waals surface area contributed by atoms with E-state index in [1.807, 2.05) is 17.3 Å². The zero-order valence-corrected chi connectivity index (χ0v) is 13.4. The minimum Gasteiger partial charge on any atom is -0.345 e. The van der Waals surface area contributed by atoms with E-state index in [0.717, 1.165) is 36.6 Å². The molecule has 0 N–H and O–H groups in total. The number of likely N-dealkylation sites (tertiary alicyclic amines) is 1. The predicted molar refractivity (Wildman–Crippen MR) is 82.9 cm³/mol. The number of aromatic nitrogens is 1. The topological polar surface area (TPSA) is 36.4 Å². The average molecular weight is 295 g/mol. The molecule has 5 heteroatoms. The molecule has 1 aliphatic heterocycles. The number of unbranched alkanes of at least 4 members (excludes halogenated alkanes) is 1. The SMILES string of the molecule is CCCCN(C)C(=O)Cc1csc(CN2CCCC2)n1. The minimum absolute atomic E-state index is 0.177.